The highest BCUT2D eigenvalue weighted by Gasteiger charge is 2.46. The van der Waals surface area contributed by atoms with E-state index in [1.807, 2.05) is 0 Å². The van der Waals surface area contributed by atoms with Crippen molar-refractivity contribution in [3.8, 4) is 0 Å². The van der Waals surface area contributed by atoms with E-state index in [1.165, 1.54) is 4.90 Å². The van der Waals surface area contributed by atoms with Crippen molar-refractivity contribution in [1.29, 1.82) is 0 Å². The lowest BCUT2D eigenvalue weighted by Crippen LogP contribution is -2.48. The second kappa shape index (κ2) is 4.61. The molecule has 2 heterocycles. The summed E-state index contributed by atoms with van der Waals surface area (Å²) >= 11 is 0. The molecule has 2 aliphatic rings. The number of aliphatic hydroxyl groups is 4. The molecule has 96 valence electrons. The van der Waals surface area contributed by atoms with Crippen LogP contribution in [-0.4, -0.2) is 68.9 Å². The molecule has 0 spiro atoms. The monoisotopic (exact) mass is 245 g/mol. The molecule has 17 heavy (non-hydrogen) atoms. The van der Waals surface area contributed by atoms with E-state index >= 15 is 0 Å². The molecule has 0 saturated carbocycles. The lowest BCUT2D eigenvalue weighted by atomic mass is 10.1. The van der Waals surface area contributed by atoms with Crippen molar-refractivity contribution in [2.75, 3.05) is 13.2 Å². The summed E-state index contributed by atoms with van der Waals surface area (Å²) in [5.74, 6) is -0.499. The average Bonchev–Trinajstić information content (AvgIpc) is 2.57. The smallest absolute Gasteiger partial charge is 0.252 e. The lowest BCUT2D eigenvalue weighted by molar-refractivity contribution is -0.149. The zero-order valence-electron chi connectivity index (χ0n) is 9.06. The van der Waals surface area contributed by atoms with Gasteiger partial charge in [-0.1, -0.05) is 0 Å². The Morgan fingerprint density at radius 1 is 1.41 bits per heavy atom. The highest BCUT2D eigenvalue weighted by Crippen LogP contribution is 2.26. The third-order valence-electron chi connectivity index (χ3n) is 3.01. The Morgan fingerprint density at radius 3 is 2.65 bits per heavy atom. The van der Waals surface area contributed by atoms with Crippen LogP contribution in [0.4, 0.5) is 0 Å². The summed E-state index contributed by atoms with van der Waals surface area (Å²) in [5.41, 5.74) is 0. The Hall–Kier alpha value is -1.15. The van der Waals surface area contributed by atoms with Crippen molar-refractivity contribution in [2.24, 2.45) is 0 Å². The Balaban J connectivity index is 2.11. The molecular weight excluding hydrogens is 230 g/mol. The van der Waals surface area contributed by atoms with Crippen molar-refractivity contribution in [3.63, 3.8) is 0 Å². The predicted molar refractivity (Wildman–Crippen MR) is 54.8 cm³/mol. The quantitative estimate of drug-likeness (QED) is 0.452. The van der Waals surface area contributed by atoms with Crippen LogP contribution in [-0.2, 0) is 9.53 Å². The van der Waals surface area contributed by atoms with Gasteiger partial charge in [0.15, 0.2) is 6.23 Å². The van der Waals surface area contributed by atoms with Crippen LogP contribution in [0.15, 0.2) is 11.8 Å². The highest BCUT2D eigenvalue weighted by molar-refractivity contribution is 5.89. The minimum absolute atomic E-state index is 0.0157. The zero-order chi connectivity index (χ0) is 12.6. The number of nitrogens with zero attached hydrogens (tertiary/aromatic N) is 1. The summed E-state index contributed by atoms with van der Waals surface area (Å²) in [7, 11) is 0. The molecule has 0 unspecified atom stereocenters. The molecule has 2 rings (SSSR count). The van der Waals surface area contributed by atoms with Gasteiger partial charge in [-0.2, -0.15) is 0 Å². The molecule has 0 aromatic rings. The number of carbonyl (C=O) groups is 1. The largest absolute Gasteiger partial charge is 0.512 e. The normalized spacial score (nSPS) is 38.4. The number of ether oxygens (including phenoxy) is 1. The van der Waals surface area contributed by atoms with E-state index in [-0.39, 0.29) is 18.7 Å². The van der Waals surface area contributed by atoms with Gasteiger partial charge in [-0.25, -0.2) is 0 Å². The van der Waals surface area contributed by atoms with Gasteiger partial charge in [0.25, 0.3) is 5.91 Å². The summed E-state index contributed by atoms with van der Waals surface area (Å²) in [6, 6.07) is 0. The molecule has 2 aliphatic heterocycles. The van der Waals surface area contributed by atoms with E-state index in [0.29, 0.717) is 0 Å². The van der Waals surface area contributed by atoms with Gasteiger partial charge in [0.2, 0.25) is 0 Å². The maximum Gasteiger partial charge on any atom is 0.252 e. The predicted octanol–water partition coefficient (Wildman–Crippen LogP) is -1.90. The summed E-state index contributed by atoms with van der Waals surface area (Å²) in [5, 5.41) is 37.4. The van der Waals surface area contributed by atoms with Crippen LogP contribution in [0.1, 0.15) is 6.42 Å². The van der Waals surface area contributed by atoms with Gasteiger partial charge in [0.1, 0.15) is 18.3 Å². The van der Waals surface area contributed by atoms with E-state index in [0.717, 1.165) is 6.08 Å². The Morgan fingerprint density at radius 2 is 2.12 bits per heavy atom. The van der Waals surface area contributed by atoms with Crippen LogP contribution in [0.5, 0.6) is 0 Å². The summed E-state index contributed by atoms with van der Waals surface area (Å²) < 4.78 is 5.22. The van der Waals surface area contributed by atoms with Gasteiger partial charge in [-0.3, -0.25) is 4.79 Å². The minimum Gasteiger partial charge on any atom is -0.512 e. The van der Waals surface area contributed by atoms with Gasteiger partial charge in [0, 0.05) is 19.0 Å². The first kappa shape index (κ1) is 12.3. The summed E-state index contributed by atoms with van der Waals surface area (Å²) in [6.45, 7) is -0.231. The molecule has 0 aromatic carbocycles. The number of rotatable bonds is 2. The average molecular weight is 245 g/mol. The molecule has 0 aromatic heterocycles. The first-order valence-electron chi connectivity index (χ1n) is 5.37. The molecule has 7 nitrogen and oxygen atoms in total. The Labute approximate surface area is 97.5 Å². The van der Waals surface area contributed by atoms with Crippen LogP contribution in [0, 0.1) is 0 Å². The van der Waals surface area contributed by atoms with Crippen molar-refractivity contribution in [2.45, 2.75) is 31.0 Å². The molecular formula is C10H15NO6. The fourth-order valence-corrected chi connectivity index (χ4v) is 2.03. The number of carbonyl (C=O) groups excluding carboxylic acids is 1. The van der Waals surface area contributed by atoms with Crippen LogP contribution in [0.25, 0.3) is 0 Å². The van der Waals surface area contributed by atoms with E-state index < -0.39 is 37.1 Å². The minimum atomic E-state index is -1.26. The van der Waals surface area contributed by atoms with Crippen molar-refractivity contribution in [3.05, 3.63) is 11.8 Å². The van der Waals surface area contributed by atoms with Crippen LogP contribution < -0.4 is 0 Å². The number of hydrogen-bond donors (Lipinski definition) is 4. The molecule has 0 aliphatic carbocycles. The lowest BCUT2D eigenvalue weighted by Gasteiger charge is -2.31. The maximum absolute atomic E-state index is 11.6. The summed E-state index contributed by atoms with van der Waals surface area (Å²) in [4.78, 5) is 12.8. The van der Waals surface area contributed by atoms with E-state index in [4.69, 9.17) is 9.84 Å². The van der Waals surface area contributed by atoms with Gasteiger partial charge in [-0.15, -0.1) is 0 Å². The maximum atomic E-state index is 11.6. The second-order valence-corrected chi connectivity index (χ2v) is 4.15. The fourth-order valence-electron chi connectivity index (χ4n) is 2.03. The van der Waals surface area contributed by atoms with Gasteiger partial charge >= 0.3 is 0 Å². The molecule has 4 atom stereocenters. The molecule has 7 heteroatoms. The van der Waals surface area contributed by atoms with Crippen molar-refractivity contribution in [1.82, 2.24) is 4.90 Å². The summed E-state index contributed by atoms with van der Waals surface area (Å²) in [6.07, 6.45) is -3.04. The fraction of sp³-hybridized carbons (Fsp3) is 0.700. The zero-order valence-corrected chi connectivity index (χ0v) is 9.06. The van der Waals surface area contributed by atoms with Crippen molar-refractivity contribution >= 4 is 5.91 Å². The molecule has 1 amide bonds. The molecule has 1 fully saturated rings. The number of amides is 1. The number of hydrogen-bond acceptors (Lipinski definition) is 6. The van der Waals surface area contributed by atoms with Gasteiger partial charge < -0.3 is 30.1 Å². The standard InChI is InChI=1S/C10H15NO6/c12-4-6-8(15)9(16)10(17-6)11-2-1-5(13)3-7(11)14/h3,6,8-10,12-13,15-16H,1-2,4H2/t6-,8+,9+,10-/m1/s1. The second-order valence-electron chi connectivity index (χ2n) is 4.15. The number of aliphatic hydroxyl groups excluding tert-OH is 4. The van der Waals surface area contributed by atoms with Gasteiger partial charge in [-0.05, 0) is 0 Å². The highest BCUT2D eigenvalue weighted by atomic mass is 16.6. The topological polar surface area (TPSA) is 110 Å². The van der Waals surface area contributed by atoms with Crippen LogP contribution in [0.3, 0.4) is 0 Å². The van der Waals surface area contributed by atoms with Gasteiger partial charge in [0.05, 0.1) is 12.4 Å². The molecule has 4 N–H and O–H groups in total. The first-order chi connectivity index (χ1) is 8.04. The molecule has 0 bridgehead atoms. The first-order valence-corrected chi connectivity index (χ1v) is 5.37. The molecule has 1 saturated heterocycles. The Bertz CT molecular complexity index is 344. The van der Waals surface area contributed by atoms with E-state index in [1.54, 1.807) is 0 Å². The third kappa shape index (κ3) is 2.14. The van der Waals surface area contributed by atoms with Crippen molar-refractivity contribution < 1.29 is 30.0 Å². The molecule has 0 radical (unpaired) electrons. The third-order valence-corrected chi connectivity index (χ3v) is 3.01. The SMILES string of the molecule is O=C1C=C(O)CCN1[C@@H]1O[C@H](CO)[C@H](O)[C@@H]1O. The van der Waals surface area contributed by atoms with Crippen LogP contribution in [0.2, 0.25) is 0 Å². The van der Waals surface area contributed by atoms with E-state index in [9.17, 15) is 20.1 Å². The Kier molecular flexibility index (Phi) is 3.34. The van der Waals surface area contributed by atoms with E-state index in [2.05, 4.69) is 0 Å². The van der Waals surface area contributed by atoms with Crippen LogP contribution >= 0.6 is 0 Å².